The predicted molar refractivity (Wildman–Crippen MR) is 114 cm³/mol. The zero-order valence-electron chi connectivity index (χ0n) is 15.9. The number of carbonyl (C=O) groups excluding carboxylic acids is 1. The fourth-order valence-corrected chi connectivity index (χ4v) is 2.11. The molecule has 0 heterocycles. The Bertz CT molecular complexity index is 555. The number of guanidine groups is 1. The molecule has 7 nitrogen and oxygen atoms in total. The van der Waals surface area contributed by atoms with Crippen LogP contribution in [0.1, 0.15) is 26.2 Å². The largest absolute Gasteiger partial charge is 0.497 e. The topological polar surface area (TPSA) is 81.2 Å². The van der Waals surface area contributed by atoms with E-state index in [1.54, 1.807) is 14.2 Å². The van der Waals surface area contributed by atoms with Crippen molar-refractivity contribution in [1.29, 1.82) is 0 Å². The Morgan fingerprint density at radius 2 is 1.92 bits per heavy atom. The van der Waals surface area contributed by atoms with E-state index in [1.807, 2.05) is 31.2 Å². The molecule has 26 heavy (non-hydrogen) atoms. The molecule has 0 fully saturated rings. The molecule has 0 saturated carbocycles. The van der Waals surface area contributed by atoms with Gasteiger partial charge in [0.1, 0.15) is 17.6 Å². The lowest BCUT2D eigenvalue weighted by Crippen LogP contribution is -2.42. The predicted octanol–water partition coefficient (Wildman–Crippen LogP) is 2.59. The van der Waals surface area contributed by atoms with Gasteiger partial charge in [0.2, 0.25) is 0 Å². The maximum Gasteiger partial charge on any atom is 0.305 e. The molecule has 2 N–H and O–H groups in total. The van der Waals surface area contributed by atoms with E-state index in [2.05, 4.69) is 20.4 Å². The van der Waals surface area contributed by atoms with Gasteiger partial charge in [-0.1, -0.05) is 6.07 Å². The van der Waals surface area contributed by atoms with Gasteiger partial charge in [0.15, 0.2) is 5.96 Å². The monoisotopic (exact) mass is 479 g/mol. The highest BCUT2D eigenvalue weighted by molar-refractivity contribution is 14.0. The molecular formula is C18H30IN3O4. The van der Waals surface area contributed by atoms with Gasteiger partial charge in [-0.05, 0) is 31.9 Å². The molecule has 1 aromatic rings. The fourth-order valence-electron chi connectivity index (χ4n) is 2.11. The number of nitrogens with one attached hydrogen (secondary N) is 2. The van der Waals surface area contributed by atoms with Crippen molar-refractivity contribution < 1.29 is 19.0 Å². The molecule has 0 radical (unpaired) electrons. The second kappa shape index (κ2) is 14.5. The van der Waals surface area contributed by atoms with Crippen LogP contribution in [0.15, 0.2) is 29.3 Å². The number of benzene rings is 1. The van der Waals surface area contributed by atoms with Crippen LogP contribution in [0.4, 0.5) is 0 Å². The van der Waals surface area contributed by atoms with Gasteiger partial charge < -0.3 is 24.8 Å². The summed E-state index contributed by atoms with van der Waals surface area (Å²) < 4.78 is 15.7. The number of esters is 1. The molecule has 148 valence electrons. The zero-order valence-corrected chi connectivity index (χ0v) is 18.2. The van der Waals surface area contributed by atoms with E-state index >= 15 is 0 Å². The lowest BCUT2D eigenvalue weighted by molar-refractivity contribution is -0.140. The number of rotatable bonds is 10. The summed E-state index contributed by atoms with van der Waals surface area (Å²) in [7, 11) is 4.75. The molecule has 0 aliphatic carbocycles. The van der Waals surface area contributed by atoms with Crippen molar-refractivity contribution in [1.82, 2.24) is 10.6 Å². The average Bonchev–Trinajstić information content (AvgIpc) is 2.63. The van der Waals surface area contributed by atoms with Crippen LogP contribution in [0.5, 0.6) is 11.5 Å². The molecule has 0 aromatic heterocycles. The number of halogens is 1. The van der Waals surface area contributed by atoms with Crippen molar-refractivity contribution in [2.24, 2.45) is 4.99 Å². The molecule has 0 spiro atoms. The summed E-state index contributed by atoms with van der Waals surface area (Å²) in [5, 5.41) is 6.43. The van der Waals surface area contributed by atoms with E-state index < -0.39 is 0 Å². The third-order valence-corrected chi connectivity index (χ3v) is 3.49. The summed E-state index contributed by atoms with van der Waals surface area (Å²) in [5.74, 6) is 2.06. The molecule has 0 bridgehead atoms. The number of carbonyl (C=O) groups is 1. The Morgan fingerprint density at radius 1 is 1.19 bits per heavy atom. The van der Waals surface area contributed by atoms with Crippen LogP contribution in [0, 0.1) is 0 Å². The first-order valence-electron chi connectivity index (χ1n) is 8.41. The minimum Gasteiger partial charge on any atom is -0.497 e. The van der Waals surface area contributed by atoms with E-state index in [1.165, 1.54) is 7.11 Å². The lowest BCUT2D eigenvalue weighted by Gasteiger charge is -2.18. The highest BCUT2D eigenvalue weighted by atomic mass is 127. The second-order valence-corrected chi connectivity index (χ2v) is 5.52. The van der Waals surface area contributed by atoms with Crippen molar-refractivity contribution in [3.05, 3.63) is 24.3 Å². The smallest absolute Gasteiger partial charge is 0.305 e. The molecular weight excluding hydrogens is 449 g/mol. The minimum absolute atomic E-state index is 0. The van der Waals surface area contributed by atoms with Crippen molar-refractivity contribution in [3.63, 3.8) is 0 Å². The van der Waals surface area contributed by atoms with Crippen LogP contribution < -0.4 is 20.1 Å². The highest BCUT2D eigenvalue weighted by Crippen LogP contribution is 2.19. The summed E-state index contributed by atoms with van der Waals surface area (Å²) in [5.41, 5.74) is 0. The number of unbranched alkanes of at least 4 members (excludes halogenated alkanes) is 1. The van der Waals surface area contributed by atoms with Crippen LogP contribution >= 0.6 is 24.0 Å². The van der Waals surface area contributed by atoms with E-state index in [0.717, 1.165) is 30.9 Å². The second-order valence-electron chi connectivity index (χ2n) is 5.52. The van der Waals surface area contributed by atoms with E-state index in [0.29, 0.717) is 18.9 Å². The summed E-state index contributed by atoms with van der Waals surface area (Å²) in [6.45, 7) is 3.33. The Labute approximate surface area is 172 Å². The Kier molecular flexibility index (Phi) is 13.5. The van der Waals surface area contributed by atoms with Crippen molar-refractivity contribution >= 4 is 35.9 Å². The van der Waals surface area contributed by atoms with Crippen LogP contribution in [-0.2, 0) is 9.53 Å². The first-order valence-corrected chi connectivity index (χ1v) is 8.41. The van der Waals surface area contributed by atoms with E-state index in [9.17, 15) is 4.79 Å². The molecule has 1 atom stereocenters. The summed E-state index contributed by atoms with van der Waals surface area (Å²) in [4.78, 5) is 15.2. The Balaban J connectivity index is 0.00000625. The third-order valence-electron chi connectivity index (χ3n) is 3.49. The normalized spacial score (nSPS) is 11.8. The average molecular weight is 479 g/mol. The van der Waals surface area contributed by atoms with Gasteiger partial charge in [-0.3, -0.25) is 9.79 Å². The lowest BCUT2D eigenvalue weighted by atomic mass is 10.2. The van der Waals surface area contributed by atoms with Crippen LogP contribution in [0.25, 0.3) is 0 Å². The van der Waals surface area contributed by atoms with Gasteiger partial charge in [-0.2, -0.15) is 0 Å². The molecule has 1 aromatic carbocycles. The number of aliphatic imine (C=N–C) groups is 1. The van der Waals surface area contributed by atoms with E-state index in [4.69, 9.17) is 9.47 Å². The summed E-state index contributed by atoms with van der Waals surface area (Å²) in [6.07, 6.45) is 2.05. The molecule has 0 saturated heterocycles. The number of hydrogen-bond donors (Lipinski definition) is 2. The first-order chi connectivity index (χ1) is 12.1. The van der Waals surface area contributed by atoms with Crippen LogP contribution in [0.3, 0.4) is 0 Å². The number of hydrogen-bond acceptors (Lipinski definition) is 5. The molecule has 0 aliphatic rings. The summed E-state index contributed by atoms with van der Waals surface area (Å²) >= 11 is 0. The molecule has 1 rings (SSSR count). The fraction of sp³-hybridized carbons (Fsp3) is 0.556. The van der Waals surface area contributed by atoms with E-state index in [-0.39, 0.29) is 36.0 Å². The molecule has 1 unspecified atom stereocenters. The Morgan fingerprint density at radius 3 is 2.58 bits per heavy atom. The van der Waals surface area contributed by atoms with Crippen molar-refractivity contribution in [2.45, 2.75) is 32.3 Å². The zero-order chi connectivity index (χ0) is 18.5. The molecule has 0 amide bonds. The maximum atomic E-state index is 11.0. The molecule has 8 heteroatoms. The quantitative estimate of drug-likeness (QED) is 0.177. The maximum absolute atomic E-state index is 11.0. The highest BCUT2D eigenvalue weighted by Gasteiger charge is 2.07. The van der Waals surface area contributed by atoms with Crippen molar-refractivity contribution in [2.75, 3.05) is 34.4 Å². The number of ether oxygens (including phenoxy) is 3. The van der Waals surface area contributed by atoms with Gasteiger partial charge in [0.25, 0.3) is 0 Å². The Hall–Kier alpha value is -1.71. The van der Waals surface area contributed by atoms with Gasteiger partial charge in [0, 0.05) is 26.1 Å². The van der Waals surface area contributed by atoms with Gasteiger partial charge >= 0.3 is 5.97 Å². The van der Waals surface area contributed by atoms with Crippen LogP contribution in [-0.4, -0.2) is 52.4 Å². The minimum atomic E-state index is -0.175. The van der Waals surface area contributed by atoms with Gasteiger partial charge in [0.05, 0.1) is 20.8 Å². The molecule has 0 aliphatic heterocycles. The first kappa shape index (κ1) is 24.3. The SMILES string of the molecule is CN=C(NCCCCC(=O)OC)NCC(C)Oc1cccc(OC)c1.I. The summed E-state index contributed by atoms with van der Waals surface area (Å²) in [6, 6.07) is 7.52. The van der Waals surface area contributed by atoms with Gasteiger partial charge in [-0.15, -0.1) is 24.0 Å². The van der Waals surface area contributed by atoms with Gasteiger partial charge in [-0.25, -0.2) is 0 Å². The number of nitrogens with zero attached hydrogens (tertiary/aromatic N) is 1. The van der Waals surface area contributed by atoms with Crippen molar-refractivity contribution in [3.8, 4) is 11.5 Å². The number of methoxy groups -OCH3 is 2. The standard InChI is InChI=1S/C18H29N3O4.HI/c1-14(25-16-9-7-8-15(12-16)23-3)13-21-18(19-2)20-11-6-5-10-17(22)24-4;/h7-9,12,14H,5-6,10-11,13H2,1-4H3,(H2,19,20,21);1H. The van der Waals surface area contributed by atoms with Crippen LogP contribution in [0.2, 0.25) is 0 Å². The third kappa shape index (κ3) is 10.3.